The molecule has 0 radical (unpaired) electrons. The largest absolute Gasteiger partial charge is 0.497 e. The van der Waals surface area contributed by atoms with E-state index in [1.807, 2.05) is 70.2 Å². The summed E-state index contributed by atoms with van der Waals surface area (Å²) in [6.45, 7) is 7.56. The number of hydrogen-bond acceptors (Lipinski definition) is 4. The first-order valence-corrected chi connectivity index (χ1v) is 12.9. The van der Waals surface area contributed by atoms with E-state index in [0.29, 0.717) is 22.4 Å². The molecule has 1 N–H and O–H groups in total. The molecule has 0 bridgehead atoms. The summed E-state index contributed by atoms with van der Waals surface area (Å²) in [5, 5.41) is 0.865. The van der Waals surface area contributed by atoms with Gasteiger partial charge in [0.05, 0.1) is 17.5 Å². The van der Waals surface area contributed by atoms with Crippen LogP contribution in [0.4, 0.5) is 0 Å². The molecule has 4 aromatic rings. The number of pyridine rings is 1. The minimum Gasteiger partial charge on any atom is -0.497 e. The second kappa shape index (κ2) is 9.68. The molecule has 0 aliphatic heterocycles. The normalized spacial score (nSPS) is 11.8. The molecule has 35 heavy (non-hydrogen) atoms. The van der Waals surface area contributed by atoms with E-state index in [2.05, 4.69) is 4.98 Å². The fourth-order valence-corrected chi connectivity index (χ4v) is 6.42. The highest BCUT2D eigenvalue weighted by Crippen LogP contribution is 2.28. The van der Waals surface area contributed by atoms with Crippen LogP contribution < -0.4 is 10.3 Å². The van der Waals surface area contributed by atoms with Gasteiger partial charge in [-0.1, -0.05) is 48.0 Å². The number of nitrogens with one attached hydrogen (secondary N) is 1. The number of rotatable bonds is 7. The number of nitrogens with zero attached hydrogens (tertiary/aromatic N) is 1. The van der Waals surface area contributed by atoms with Gasteiger partial charge in [-0.2, -0.15) is 4.31 Å². The number of H-pyrrole nitrogens is 1. The highest BCUT2D eigenvalue weighted by molar-refractivity contribution is 7.89. The van der Waals surface area contributed by atoms with E-state index in [1.165, 1.54) is 4.31 Å². The van der Waals surface area contributed by atoms with Gasteiger partial charge in [-0.15, -0.1) is 0 Å². The van der Waals surface area contributed by atoms with Crippen molar-refractivity contribution in [1.29, 1.82) is 0 Å². The molecule has 182 valence electrons. The summed E-state index contributed by atoms with van der Waals surface area (Å²) < 4.78 is 34.7. The molecule has 0 fully saturated rings. The summed E-state index contributed by atoms with van der Waals surface area (Å²) in [6, 6.07) is 18.6. The number of benzene rings is 3. The molecule has 3 aromatic carbocycles. The lowest BCUT2D eigenvalue weighted by Gasteiger charge is -2.25. The average Bonchev–Trinajstić information content (AvgIpc) is 2.79. The SMILES string of the molecule is COc1ccc(CN(Cc2cc3cccc(C)c3[nH]c2=O)S(=O)(=O)c2c(C)cc(C)cc2C)cc1. The lowest BCUT2D eigenvalue weighted by Crippen LogP contribution is -2.33. The number of para-hydroxylation sites is 1. The van der Waals surface area contributed by atoms with Crippen molar-refractivity contribution in [2.45, 2.75) is 45.7 Å². The summed E-state index contributed by atoms with van der Waals surface area (Å²) in [6.07, 6.45) is 0. The molecule has 1 aromatic heterocycles. The van der Waals surface area contributed by atoms with Crippen LogP contribution in [0.3, 0.4) is 0 Å². The third kappa shape index (κ3) is 5.01. The minimum atomic E-state index is -3.92. The number of aryl methyl sites for hydroxylation is 4. The molecule has 0 saturated heterocycles. The predicted molar refractivity (Wildman–Crippen MR) is 139 cm³/mol. The number of ether oxygens (including phenoxy) is 1. The Morgan fingerprint density at radius 3 is 2.14 bits per heavy atom. The Balaban J connectivity index is 1.82. The van der Waals surface area contributed by atoms with Gasteiger partial charge in [0.1, 0.15) is 5.75 Å². The van der Waals surface area contributed by atoms with E-state index in [-0.39, 0.29) is 23.5 Å². The quantitative estimate of drug-likeness (QED) is 0.388. The van der Waals surface area contributed by atoms with Gasteiger partial charge in [0.2, 0.25) is 10.0 Å². The lowest BCUT2D eigenvalue weighted by molar-refractivity contribution is 0.397. The zero-order valence-electron chi connectivity index (χ0n) is 20.7. The number of sulfonamides is 1. The van der Waals surface area contributed by atoms with Crippen LogP contribution >= 0.6 is 0 Å². The van der Waals surface area contributed by atoms with Gasteiger partial charge in [-0.25, -0.2) is 8.42 Å². The molecule has 6 nitrogen and oxygen atoms in total. The Morgan fingerprint density at radius 1 is 0.857 bits per heavy atom. The number of hydrogen-bond donors (Lipinski definition) is 1. The second-order valence-electron chi connectivity index (χ2n) is 9.01. The first kappa shape index (κ1) is 24.7. The molecule has 4 rings (SSSR count). The van der Waals surface area contributed by atoms with Crippen molar-refractivity contribution >= 4 is 20.9 Å². The molecule has 0 aliphatic carbocycles. The Bertz CT molecular complexity index is 1530. The standard InChI is InChI=1S/C28H30N2O4S/c1-18-13-20(3)27(21(4)14-18)35(32,33)30(16-22-9-11-25(34-5)12-10-22)17-24-15-23-8-6-7-19(2)26(23)29-28(24)31/h6-15H,16-17H2,1-5H3,(H,29,31). The molecule has 0 unspecified atom stereocenters. The summed E-state index contributed by atoms with van der Waals surface area (Å²) >= 11 is 0. The van der Waals surface area contributed by atoms with Crippen LogP contribution in [0.2, 0.25) is 0 Å². The van der Waals surface area contributed by atoms with Gasteiger partial charge < -0.3 is 9.72 Å². The smallest absolute Gasteiger partial charge is 0.252 e. The van der Waals surface area contributed by atoms with Crippen molar-refractivity contribution < 1.29 is 13.2 Å². The molecule has 0 spiro atoms. The van der Waals surface area contributed by atoms with Crippen molar-refractivity contribution in [2.75, 3.05) is 7.11 Å². The maximum absolute atomic E-state index is 14.0. The number of fused-ring (bicyclic) bond motifs is 1. The lowest BCUT2D eigenvalue weighted by atomic mass is 10.1. The number of methoxy groups -OCH3 is 1. The summed E-state index contributed by atoms with van der Waals surface area (Å²) in [4.78, 5) is 16.2. The van der Waals surface area contributed by atoms with Crippen LogP contribution in [-0.2, 0) is 23.1 Å². The van der Waals surface area contributed by atoms with Crippen LogP contribution in [0, 0.1) is 27.7 Å². The third-order valence-corrected chi connectivity index (χ3v) is 8.33. The maximum Gasteiger partial charge on any atom is 0.252 e. The topological polar surface area (TPSA) is 79.5 Å². The fourth-order valence-electron chi connectivity index (χ4n) is 4.60. The molecule has 0 aliphatic rings. The number of aromatic amines is 1. The Kier molecular flexibility index (Phi) is 6.83. The van der Waals surface area contributed by atoms with E-state index < -0.39 is 10.0 Å². The van der Waals surface area contributed by atoms with Crippen molar-refractivity contribution in [3.05, 3.63) is 104 Å². The molecular weight excluding hydrogens is 460 g/mol. The van der Waals surface area contributed by atoms with Crippen LogP contribution in [-0.4, -0.2) is 24.8 Å². The van der Waals surface area contributed by atoms with Crippen LogP contribution in [0.15, 0.2) is 70.4 Å². The highest BCUT2D eigenvalue weighted by atomic mass is 32.2. The zero-order valence-corrected chi connectivity index (χ0v) is 21.5. The summed E-state index contributed by atoms with van der Waals surface area (Å²) in [5.74, 6) is 0.690. The van der Waals surface area contributed by atoms with Crippen molar-refractivity contribution in [3.63, 3.8) is 0 Å². The third-order valence-electron chi connectivity index (χ3n) is 6.23. The first-order valence-electron chi connectivity index (χ1n) is 11.4. The van der Waals surface area contributed by atoms with Crippen molar-refractivity contribution in [3.8, 4) is 5.75 Å². The molecule has 7 heteroatoms. The van der Waals surface area contributed by atoms with E-state index in [4.69, 9.17) is 4.74 Å². The van der Waals surface area contributed by atoms with Gasteiger partial charge >= 0.3 is 0 Å². The van der Waals surface area contributed by atoms with Gasteiger partial charge in [0.25, 0.3) is 5.56 Å². The second-order valence-corrected chi connectivity index (χ2v) is 10.9. The van der Waals surface area contributed by atoms with Crippen LogP contribution in [0.25, 0.3) is 10.9 Å². The monoisotopic (exact) mass is 490 g/mol. The van der Waals surface area contributed by atoms with E-state index in [0.717, 1.165) is 27.6 Å². The summed E-state index contributed by atoms with van der Waals surface area (Å²) in [5.41, 5.74) is 4.99. The van der Waals surface area contributed by atoms with Gasteiger partial charge in [-0.3, -0.25) is 4.79 Å². The minimum absolute atomic E-state index is 0.0552. The van der Waals surface area contributed by atoms with E-state index in [9.17, 15) is 13.2 Å². The maximum atomic E-state index is 14.0. The van der Waals surface area contributed by atoms with Crippen LogP contribution in [0.5, 0.6) is 5.75 Å². The molecule has 0 amide bonds. The van der Waals surface area contributed by atoms with Gasteiger partial charge in [0, 0.05) is 18.7 Å². The molecule has 0 atom stereocenters. The predicted octanol–water partition coefficient (Wildman–Crippen LogP) is 5.16. The van der Waals surface area contributed by atoms with Crippen LogP contribution in [0.1, 0.15) is 33.4 Å². The van der Waals surface area contributed by atoms with E-state index in [1.54, 1.807) is 25.3 Å². The molecule has 0 saturated carbocycles. The first-order chi connectivity index (χ1) is 16.6. The van der Waals surface area contributed by atoms with Gasteiger partial charge in [-0.05, 0) is 73.5 Å². The zero-order chi connectivity index (χ0) is 25.3. The van der Waals surface area contributed by atoms with Crippen molar-refractivity contribution in [2.24, 2.45) is 0 Å². The molecule has 1 heterocycles. The average molecular weight is 491 g/mol. The Hall–Kier alpha value is -3.42. The number of aromatic nitrogens is 1. The van der Waals surface area contributed by atoms with E-state index >= 15 is 0 Å². The molecular formula is C28H30N2O4S. The Morgan fingerprint density at radius 2 is 1.51 bits per heavy atom. The summed E-state index contributed by atoms with van der Waals surface area (Å²) in [7, 11) is -2.33. The fraction of sp³-hybridized carbons (Fsp3) is 0.250. The highest BCUT2D eigenvalue weighted by Gasteiger charge is 2.29. The van der Waals surface area contributed by atoms with Gasteiger partial charge in [0.15, 0.2) is 0 Å². The van der Waals surface area contributed by atoms with Crippen molar-refractivity contribution in [1.82, 2.24) is 9.29 Å². The Labute approximate surface area is 206 Å².